The van der Waals surface area contributed by atoms with Crippen LogP contribution >= 0.6 is 0 Å². The number of para-hydroxylation sites is 3. The van der Waals surface area contributed by atoms with Gasteiger partial charge in [0.05, 0.1) is 11.4 Å². The number of alkyl halides is 3. The molecule has 7 nitrogen and oxygen atoms in total. The molecule has 0 aromatic heterocycles. The highest BCUT2D eigenvalue weighted by molar-refractivity contribution is 5.99. The molecule has 0 saturated carbocycles. The molecule has 4 aromatic rings. The van der Waals surface area contributed by atoms with Crippen molar-refractivity contribution in [3.8, 4) is 5.75 Å². The van der Waals surface area contributed by atoms with E-state index in [2.05, 4.69) is 32.2 Å². The highest BCUT2D eigenvalue weighted by Crippen LogP contribution is 2.33. The van der Waals surface area contributed by atoms with Crippen LogP contribution in [0, 0.1) is 17.7 Å². The number of Topliss-reactive ketones (excluding diaryl/α,β-unsaturated/α-hetero) is 2. The molecule has 0 unspecified atom stereocenters. The summed E-state index contributed by atoms with van der Waals surface area (Å²) in [5.74, 6) is -0.286. The fourth-order valence-electron chi connectivity index (χ4n) is 6.17. The van der Waals surface area contributed by atoms with E-state index in [-0.39, 0.29) is 40.7 Å². The molecular weight excluding hydrogens is 648 g/mol. The van der Waals surface area contributed by atoms with E-state index in [0.717, 1.165) is 57.5 Å². The molecule has 0 radical (unpaired) electrons. The van der Waals surface area contributed by atoms with Crippen LogP contribution in [0.25, 0.3) is 0 Å². The van der Waals surface area contributed by atoms with E-state index in [0.29, 0.717) is 22.5 Å². The van der Waals surface area contributed by atoms with Crippen molar-refractivity contribution in [3.05, 3.63) is 114 Å². The lowest BCUT2D eigenvalue weighted by molar-refractivity contribution is -0.274. The van der Waals surface area contributed by atoms with Gasteiger partial charge in [-0.05, 0) is 114 Å². The van der Waals surface area contributed by atoms with Crippen molar-refractivity contribution in [2.45, 2.75) is 32.0 Å². The molecule has 2 aliphatic heterocycles. The van der Waals surface area contributed by atoms with Gasteiger partial charge in [0.2, 0.25) is 0 Å². The summed E-state index contributed by atoms with van der Waals surface area (Å²) in [5.41, 5.74) is 3.11. The Kier molecular flexibility index (Phi) is 12.3. The molecule has 0 amide bonds. The molecule has 2 heterocycles. The summed E-state index contributed by atoms with van der Waals surface area (Å²) in [4.78, 5) is 29.8. The number of likely N-dealkylation sites (tertiary alicyclic amines) is 2. The molecule has 50 heavy (non-hydrogen) atoms. The molecular formula is C39H42F4N4O3. The number of ketones is 2. The predicted octanol–water partition coefficient (Wildman–Crippen LogP) is 8.95. The van der Waals surface area contributed by atoms with Crippen molar-refractivity contribution in [1.82, 2.24) is 9.80 Å². The third kappa shape index (κ3) is 10.4. The Morgan fingerprint density at radius 1 is 0.640 bits per heavy atom. The Balaban J connectivity index is 0.000000197. The SMILES string of the molecule is CN1CCC(C(=O)c2cccc(Nc3ccccc3F)c2)CC1.CN1CCC(C(=O)c2cccc(Nc3ccccc3OC(F)(F)F)c2)CC1. The average Bonchev–Trinajstić information content (AvgIpc) is 3.10. The van der Waals surface area contributed by atoms with Crippen molar-refractivity contribution in [2.24, 2.45) is 11.8 Å². The number of hydrogen-bond acceptors (Lipinski definition) is 7. The van der Waals surface area contributed by atoms with Gasteiger partial charge >= 0.3 is 6.36 Å². The monoisotopic (exact) mass is 690 g/mol. The Bertz CT molecular complexity index is 1750. The van der Waals surface area contributed by atoms with Crippen molar-refractivity contribution < 1.29 is 31.9 Å². The molecule has 2 N–H and O–H groups in total. The number of hydrogen-bond donors (Lipinski definition) is 2. The van der Waals surface area contributed by atoms with Crippen LogP contribution in [0.2, 0.25) is 0 Å². The standard InChI is InChI=1S/C20H21F3N2O2.C19H21FN2O/c1-25-11-9-14(10-12-25)19(26)15-5-4-6-16(13-15)24-17-7-2-3-8-18(17)27-20(21,22)23;1-22-11-9-14(10-12-22)19(23)15-5-4-6-16(13-15)21-18-8-3-2-7-17(18)20/h2-8,13-14,24H,9-12H2,1H3;2-8,13-14,21H,9-12H2,1H3. The van der Waals surface area contributed by atoms with Gasteiger partial charge in [-0.3, -0.25) is 9.59 Å². The van der Waals surface area contributed by atoms with Gasteiger partial charge in [0.15, 0.2) is 17.3 Å². The Morgan fingerprint density at radius 2 is 1.08 bits per heavy atom. The van der Waals surface area contributed by atoms with Crippen LogP contribution in [0.4, 0.5) is 40.3 Å². The third-order valence-corrected chi connectivity index (χ3v) is 9.02. The minimum Gasteiger partial charge on any atom is -0.404 e. The second-order valence-corrected chi connectivity index (χ2v) is 12.8. The molecule has 2 fully saturated rings. The minimum absolute atomic E-state index is 0.0164. The van der Waals surface area contributed by atoms with E-state index in [1.165, 1.54) is 24.3 Å². The van der Waals surface area contributed by atoms with Crippen LogP contribution in [-0.2, 0) is 0 Å². The predicted molar refractivity (Wildman–Crippen MR) is 188 cm³/mol. The summed E-state index contributed by atoms with van der Waals surface area (Å²) in [6.45, 7) is 3.69. The van der Waals surface area contributed by atoms with Gasteiger partial charge < -0.3 is 25.2 Å². The van der Waals surface area contributed by atoms with Crippen molar-refractivity contribution in [1.29, 1.82) is 0 Å². The molecule has 2 aliphatic rings. The first-order valence-corrected chi connectivity index (χ1v) is 16.7. The largest absolute Gasteiger partial charge is 0.573 e. The first kappa shape index (κ1) is 36.5. The fourth-order valence-corrected chi connectivity index (χ4v) is 6.17. The van der Waals surface area contributed by atoms with Gasteiger partial charge in [-0.2, -0.15) is 0 Å². The van der Waals surface area contributed by atoms with E-state index in [1.54, 1.807) is 48.5 Å². The summed E-state index contributed by atoms with van der Waals surface area (Å²) in [5, 5.41) is 5.96. The average molecular weight is 691 g/mol. The third-order valence-electron chi connectivity index (χ3n) is 9.02. The van der Waals surface area contributed by atoms with Crippen LogP contribution in [-0.4, -0.2) is 68.0 Å². The number of piperidine rings is 2. The van der Waals surface area contributed by atoms with Gasteiger partial charge in [-0.25, -0.2) is 4.39 Å². The van der Waals surface area contributed by atoms with E-state index in [9.17, 15) is 27.2 Å². The summed E-state index contributed by atoms with van der Waals surface area (Å²) in [6.07, 6.45) is -1.34. The maximum atomic E-state index is 13.7. The number of nitrogens with one attached hydrogen (secondary N) is 2. The van der Waals surface area contributed by atoms with Crippen LogP contribution in [0.5, 0.6) is 5.75 Å². The van der Waals surface area contributed by atoms with Gasteiger partial charge in [0, 0.05) is 34.3 Å². The summed E-state index contributed by atoms with van der Waals surface area (Å²) in [7, 11) is 4.12. The summed E-state index contributed by atoms with van der Waals surface area (Å²) < 4.78 is 55.5. The zero-order chi connectivity index (χ0) is 35.7. The first-order valence-electron chi connectivity index (χ1n) is 16.7. The van der Waals surface area contributed by atoms with Crippen molar-refractivity contribution in [2.75, 3.05) is 50.9 Å². The van der Waals surface area contributed by atoms with Crippen molar-refractivity contribution >= 4 is 34.3 Å². The number of benzene rings is 4. The zero-order valence-electron chi connectivity index (χ0n) is 28.2. The molecule has 4 aromatic carbocycles. The van der Waals surface area contributed by atoms with E-state index >= 15 is 0 Å². The lowest BCUT2D eigenvalue weighted by Gasteiger charge is -2.28. The first-order chi connectivity index (χ1) is 23.9. The number of carbonyl (C=O) groups excluding carboxylic acids is 2. The van der Waals surface area contributed by atoms with Crippen LogP contribution < -0.4 is 15.4 Å². The lowest BCUT2D eigenvalue weighted by Crippen LogP contribution is -2.33. The Morgan fingerprint density at radius 3 is 1.56 bits per heavy atom. The maximum absolute atomic E-state index is 13.7. The summed E-state index contributed by atoms with van der Waals surface area (Å²) in [6, 6.07) is 26.5. The van der Waals surface area contributed by atoms with Gasteiger partial charge in [0.25, 0.3) is 0 Å². The molecule has 11 heteroatoms. The molecule has 0 spiro atoms. The fraction of sp³-hybridized carbons (Fsp3) is 0.333. The molecule has 264 valence electrons. The normalized spacial score (nSPS) is 16.2. The molecule has 6 rings (SSSR count). The highest BCUT2D eigenvalue weighted by atomic mass is 19.4. The molecule has 2 saturated heterocycles. The Labute approximate surface area is 290 Å². The topological polar surface area (TPSA) is 73.9 Å². The van der Waals surface area contributed by atoms with Gasteiger partial charge in [0.1, 0.15) is 5.82 Å². The van der Waals surface area contributed by atoms with E-state index < -0.39 is 6.36 Å². The van der Waals surface area contributed by atoms with E-state index in [1.807, 2.05) is 31.3 Å². The Hall–Kier alpha value is -4.74. The minimum atomic E-state index is -4.77. The lowest BCUT2D eigenvalue weighted by atomic mass is 9.89. The van der Waals surface area contributed by atoms with Crippen LogP contribution in [0.3, 0.4) is 0 Å². The summed E-state index contributed by atoms with van der Waals surface area (Å²) >= 11 is 0. The smallest absolute Gasteiger partial charge is 0.404 e. The molecule has 0 aliphatic carbocycles. The van der Waals surface area contributed by atoms with Crippen LogP contribution in [0.15, 0.2) is 97.1 Å². The number of rotatable bonds is 9. The quantitative estimate of drug-likeness (QED) is 0.134. The zero-order valence-corrected chi connectivity index (χ0v) is 28.2. The maximum Gasteiger partial charge on any atom is 0.573 e. The van der Waals surface area contributed by atoms with Gasteiger partial charge in [-0.1, -0.05) is 48.5 Å². The number of nitrogens with zero attached hydrogens (tertiary/aromatic N) is 2. The van der Waals surface area contributed by atoms with E-state index in [4.69, 9.17) is 0 Å². The molecule has 0 atom stereocenters. The highest BCUT2D eigenvalue weighted by Gasteiger charge is 2.32. The number of carbonyl (C=O) groups is 2. The van der Waals surface area contributed by atoms with Crippen molar-refractivity contribution in [3.63, 3.8) is 0 Å². The van der Waals surface area contributed by atoms with Gasteiger partial charge in [-0.15, -0.1) is 13.2 Å². The second-order valence-electron chi connectivity index (χ2n) is 12.8. The second kappa shape index (κ2) is 16.8. The van der Waals surface area contributed by atoms with Crippen LogP contribution in [0.1, 0.15) is 46.4 Å². The molecule has 0 bridgehead atoms. The number of anilines is 4. The number of ether oxygens (including phenoxy) is 1. The number of halogens is 4.